The number of amides is 4. The third-order valence-corrected chi connectivity index (χ3v) is 12.3. The van der Waals surface area contributed by atoms with E-state index in [1.54, 1.807) is 9.80 Å². The molecule has 5 aromatic rings. The second kappa shape index (κ2) is 17.2. The first-order chi connectivity index (χ1) is 28.6. The van der Waals surface area contributed by atoms with Crippen molar-refractivity contribution in [1.82, 2.24) is 24.6 Å². The summed E-state index contributed by atoms with van der Waals surface area (Å²) >= 11 is 0. The van der Waals surface area contributed by atoms with Crippen molar-refractivity contribution < 1.29 is 19.2 Å². The Morgan fingerprint density at radius 1 is 0.695 bits per heavy atom. The number of hydrogen-bond donors (Lipinski definition) is 3. The fourth-order valence-electron chi connectivity index (χ4n) is 9.48. The molecule has 306 valence electrons. The van der Waals surface area contributed by atoms with Gasteiger partial charge in [-0.25, -0.2) is 0 Å². The molecule has 11 heteroatoms. The lowest BCUT2D eigenvalue weighted by Crippen LogP contribution is -2.47. The average molecular weight is 794 g/mol. The number of rotatable bonds is 11. The van der Waals surface area contributed by atoms with Crippen LogP contribution in [0.4, 0.5) is 11.4 Å². The Kier molecular flexibility index (Phi) is 11.7. The number of likely N-dealkylation sites (tertiary alicyclic amines) is 2. The van der Waals surface area contributed by atoms with E-state index in [1.165, 1.54) is 5.56 Å². The number of aryl methyl sites for hydroxylation is 2. The SMILES string of the molecule is CN(C)CC(C(=O)N1CCCC1C(=O)Nc1ccc2[nH]c3c(c2c1)CCCc1cc(NC(=O)[C@@H]2CCCN2C(=O)[C@@H](c2ccccc2)N(C)C)ccc1-3)c1ccccc1. The highest BCUT2D eigenvalue weighted by molar-refractivity contribution is 6.02. The van der Waals surface area contributed by atoms with Crippen LogP contribution in [0, 0.1) is 0 Å². The molecule has 0 saturated carbocycles. The van der Waals surface area contributed by atoms with Gasteiger partial charge in [-0.3, -0.25) is 24.1 Å². The molecule has 3 aliphatic rings. The number of aromatic amines is 1. The first-order valence-electron chi connectivity index (χ1n) is 21.0. The third kappa shape index (κ3) is 8.27. The van der Waals surface area contributed by atoms with Gasteiger partial charge in [0.05, 0.1) is 5.92 Å². The van der Waals surface area contributed by atoms with Gasteiger partial charge in [0.25, 0.3) is 0 Å². The van der Waals surface area contributed by atoms with Crippen LogP contribution in [0.3, 0.4) is 0 Å². The molecule has 8 rings (SSSR count). The highest BCUT2D eigenvalue weighted by Gasteiger charge is 2.40. The van der Waals surface area contributed by atoms with Crippen LogP contribution in [0.1, 0.15) is 66.3 Å². The number of carbonyl (C=O) groups is 4. The molecule has 1 aromatic heterocycles. The van der Waals surface area contributed by atoms with Gasteiger partial charge in [-0.2, -0.15) is 0 Å². The van der Waals surface area contributed by atoms with Crippen molar-refractivity contribution in [3.63, 3.8) is 0 Å². The molecule has 2 fully saturated rings. The molecule has 2 aliphatic heterocycles. The molecule has 0 radical (unpaired) electrons. The van der Waals surface area contributed by atoms with Crippen LogP contribution in [0.5, 0.6) is 0 Å². The monoisotopic (exact) mass is 793 g/mol. The first-order valence-corrected chi connectivity index (χ1v) is 21.0. The van der Waals surface area contributed by atoms with E-state index in [4.69, 9.17) is 0 Å². The maximum absolute atomic E-state index is 14.0. The van der Waals surface area contributed by atoms with E-state index >= 15 is 0 Å². The van der Waals surface area contributed by atoms with Crippen LogP contribution in [-0.2, 0) is 32.0 Å². The van der Waals surface area contributed by atoms with Crippen molar-refractivity contribution in [3.05, 3.63) is 119 Å². The van der Waals surface area contributed by atoms with Crippen molar-refractivity contribution in [2.45, 2.75) is 69.0 Å². The maximum atomic E-state index is 14.0. The number of aromatic nitrogens is 1. The molecule has 0 spiro atoms. The van der Waals surface area contributed by atoms with Gasteiger partial charge in [0.15, 0.2) is 0 Å². The number of fused-ring (bicyclic) bond motifs is 5. The number of carbonyl (C=O) groups excluding carboxylic acids is 4. The quantitative estimate of drug-likeness (QED) is 0.135. The standard InChI is InChI=1S/C48H55N7O4/c1-52(2)30-39(31-14-7-5-8-15-31)47(58)54-26-12-20-41(54)45(56)50-35-23-25-40-38(29-35)37-19-11-18-33-28-34(22-24-36(33)43(37)51-40)49-46(57)42-21-13-27-55(42)48(59)44(53(3)4)32-16-9-6-10-17-32/h5-10,14-17,22-25,28-29,39,41-42,44,51H,11-13,18-21,26-27,30H2,1-4H3,(H,49,57)(H,50,56)/t39?,41?,42-,44+/m0/s1. The van der Waals surface area contributed by atoms with E-state index < -0.39 is 18.1 Å². The highest BCUT2D eigenvalue weighted by atomic mass is 16.2. The van der Waals surface area contributed by atoms with E-state index in [9.17, 15) is 19.2 Å². The number of hydrogen-bond acceptors (Lipinski definition) is 6. The minimum atomic E-state index is -0.533. The molecule has 3 heterocycles. The summed E-state index contributed by atoms with van der Waals surface area (Å²) in [6.07, 6.45) is 5.44. The zero-order valence-electron chi connectivity index (χ0n) is 34.5. The third-order valence-electron chi connectivity index (χ3n) is 12.3. The fraction of sp³-hybridized carbons (Fsp3) is 0.375. The zero-order chi connectivity index (χ0) is 41.2. The molecule has 3 N–H and O–H groups in total. The van der Waals surface area contributed by atoms with Crippen molar-refractivity contribution in [3.8, 4) is 11.3 Å². The van der Waals surface area contributed by atoms with Crippen molar-refractivity contribution in [2.75, 3.05) is 58.5 Å². The van der Waals surface area contributed by atoms with Gasteiger partial charge in [0, 0.05) is 53.2 Å². The molecule has 59 heavy (non-hydrogen) atoms. The molecule has 11 nitrogen and oxygen atoms in total. The van der Waals surface area contributed by atoms with E-state index in [-0.39, 0.29) is 29.5 Å². The molecule has 4 atom stereocenters. The average Bonchev–Trinajstić information content (AvgIpc) is 3.98. The molecule has 2 saturated heterocycles. The van der Waals surface area contributed by atoms with E-state index in [1.807, 2.05) is 117 Å². The topological polar surface area (TPSA) is 121 Å². The van der Waals surface area contributed by atoms with Crippen LogP contribution >= 0.6 is 0 Å². The van der Waals surface area contributed by atoms with Crippen LogP contribution in [0.2, 0.25) is 0 Å². The fourth-order valence-corrected chi connectivity index (χ4v) is 9.48. The number of nitrogens with zero attached hydrogens (tertiary/aromatic N) is 4. The summed E-state index contributed by atoms with van der Waals surface area (Å²) in [5.74, 6) is -0.741. The summed E-state index contributed by atoms with van der Waals surface area (Å²) in [6.45, 7) is 1.68. The zero-order valence-corrected chi connectivity index (χ0v) is 34.5. The van der Waals surface area contributed by atoms with Gasteiger partial charge in [0.1, 0.15) is 18.1 Å². The smallest absolute Gasteiger partial charge is 0.247 e. The molecule has 4 amide bonds. The minimum absolute atomic E-state index is 0.0112. The van der Waals surface area contributed by atoms with E-state index in [0.717, 1.165) is 76.6 Å². The lowest BCUT2D eigenvalue weighted by molar-refractivity contribution is -0.140. The maximum Gasteiger partial charge on any atom is 0.247 e. The second-order valence-electron chi connectivity index (χ2n) is 16.8. The summed E-state index contributed by atoms with van der Waals surface area (Å²) in [5, 5.41) is 7.39. The van der Waals surface area contributed by atoms with Crippen molar-refractivity contribution in [1.29, 1.82) is 0 Å². The van der Waals surface area contributed by atoms with Crippen LogP contribution in [-0.4, -0.2) is 108 Å². The molecular weight excluding hydrogens is 739 g/mol. The van der Waals surface area contributed by atoms with Crippen molar-refractivity contribution in [2.24, 2.45) is 0 Å². The summed E-state index contributed by atoms with van der Waals surface area (Å²) in [7, 11) is 7.73. The second-order valence-corrected chi connectivity index (χ2v) is 16.8. The van der Waals surface area contributed by atoms with Crippen LogP contribution in [0.15, 0.2) is 97.1 Å². The Labute approximate surface area is 346 Å². The largest absolute Gasteiger partial charge is 0.354 e. The van der Waals surface area contributed by atoms with Crippen molar-refractivity contribution >= 4 is 45.9 Å². The summed E-state index contributed by atoms with van der Waals surface area (Å²) < 4.78 is 0. The Morgan fingerprint density at radius 2 is 1.29 bits per heavy atom. The summed E-state index contributed by atoms with van der Waals surface area (Å²) in [4.78, 5) is 66.7. The number of nitrogens with one attached hydrogen (secondary N) is 3. The Bertz CT molecular complexity index is 2340. The lowest BCUT2D eigenvalue weighted by Gasteiger charge is -2.31. The Morgan fingerprint density at radius 3 is 1.92 bits per heavy atom. The van der Waals surface area contributed by atoms with Gasteiger partial charge in [-0.1, -0.05) is 66.7 Å². The highest BCUT2D eigenvalue weighted by Crippen LogP contribution is 2.39. The Hall–Kier alpha value is -5.78. The van der Waals surface area contributed by atoms with Gasteiger partial charge in [-0.15, -0.1) is 0 Å². The molecule has 2 unspecified atom stereocenters. The van der Waals surface area contributed by atoms with Gasteiger partial charge < -0.3 is 30.3 Å². The summed E-state index contributed by atoms with van der Waals surface area (Å²) in [5.41, 5.74) is 8.78. The molecule has 1 aliphatic carbocycles. The van der Waals surface area contributed by atoms with Crippen LogP contribution in [0.25, 0.3) is 22.2 Å². The lowest BCUT2D eigenvalue weighted by atomic mass is 9.96. The van der Waals surface area contributed by atoms with Gasteiger partial charge in [0.2, 0.25) is 23.6 Å². The van der Waals surface area contributed by atoms with Gasteiger partial charge >= 0.3 is 0 Å². The molecule has 4 aromatic carbocycles. The predicted octanol–water partition coefficient (Wildman–Crippen LogP) is 6.83. The Balaban J connectivity index is 0.971. The van der Waals surface area contributed by atoms with E-state index in [2.05, 4.69) is 33.8 Å². The van der Waals surface area contributed by atoms with E-state index in [0.29, 0.717) is 38.2 Å². The number of H-pyrrole nitrogens is 1. The van der Waals surface area contributed by atoms with Crippen LogP contribution < -0.4 is 10.6 Å². The first kappa shape index (κ1) is 40.0. The molecular formula is C48H55N7O4. The number of anilines is 2. The predicted molar refractivity (Wildman–Crippen MR) is 233 cm³/mol. The normalized spacial score (nSPS) is 18.7. The minimum Gasteiger partial charge on any atom is -0.354 e. The number of benzene rings is 4. The summed E-state index contributed by atoms with van der Waals surface area (Å²) in [6, 6.07) is 30.1. The van der Waals surface area contributed by atoms with Gasteiger partial charge in [-0.05, 0) is 126 Å². The number of likely N-dealkylation sites (N-methyl/N-ethyl adjacent to an activating group) is 2. The molecule has 0 bridgehead atoms.